The summed E-state index contributed by atoms with van der Waals surface area (Å²) in [5.74, 6) is 0. The first-order chi connectivity index (χ1) is 18.2. The topological polar surface area (TPSA) is 3.24 Å². The maximum absolute atomic E-state index is 5.50. The predicted octanol–water partition coefficient (Wildman–Crippen LogP) is 8.97. The fourth-order valence-electron chi connectivity index (χ4n) is 5.77. The number of anilines is 1. The SMILES string of the molecule is CN1/C(=C/C=C/C=C/C=C/[C](=[Ni])C(C)(C)c2cccc3ccccc23)C(C)(C)c2c1ccc1ccccc21. The van der Waals surface area contributed by atoms with Crippen LogP contribution in [0.25, 0.3) is 21.5 Å². The first-order valence-electron chi connectivity index (χ1n) is 13.2. The van der Waals surface area contributed by atoms with Gasteiger partial charge in [0.05, 0.1) is 0 Å². The first kappa shape index (κ1) is 26.1. The van der Waals surface area contributed by atoms with Gasteiger partial charge in [-0.05, 0) is 5.39 Å². The van der Waals surface area contributed by atoms with Crippen LogP contribution in [0.1, 0.15) is 38.8 Å². The van der Waals surface area contributed by atoms with Crippen molar-refractivity contribution in [1.29, 1.82) is 0 Å². The summed E-state index contributed by atoms with van der Waals surface area (Å²) in [5, 5.41) is 5.15. The smallest absolute Gasteiger partial charge is 0.0616 e. The molecule has 0 unspecified atom stereocenters. The summed E-state index contributed by atoms with van der Waals surface area (Å²) in [5.41, 5.74) is 4.97. The number of likely N-dealkylation sites (N-methyl/N-ethyl adjacent to an activating group) is 1. The van der Waals surface area contributed by atoms with Crippen LogP contribution < -0.4 is 4.90 Å². The van der Waals surface area contributed by atoms with Crippen molar-refractivity contribution in [2.45, 2.75) is 38.5 Å². The summed E-state index contributed by atoms with van der Waals surface area (Å²) < 4.78 is 0.962. The molecule has 0 saturated heterocycles. The van der Waals surface area contributed by atoms with Crippen LogP contribution in [-0.2, 0) is 25.9 Å². The Morgan fingerprint density at radius 3 is 2.11 bits per heavy atom. The van der Waals surface area contributed by atoms with E-state index >= 15 is 0 Å². The third-order valence-electron chi connectivity index (χ3n) is 7.85. The van der Waals surface area contributed by atoms with E-state index in [1.807, 2.05) is 0 Å². The Bertz CT molecular complexity index is 1640. The van der Waals surface area contributed by atoms with E-state index in [0.29, 0.717) is 0 Å². The number of benzene rings is 4. The summed E-state index contributed by atoms with van der Waals surface area (Å²) in [6.45, 7) is 9.07. The molecule has 1 aliphatic rings. The fourth-order valence-corrected chi connectivity index (χ4v) is 5.99. The van der Waals surface area contributed by atoms with E-state index in [4.69, 9.17) is 15.0 Å². The number of nitrogens with zero attached hydrogens (tertiary/aromatic N) is 1. The third kappa shape index (κ3) is 4.63. The molecular formula is C36H35NNi. The molecule has 0 atom stereocenters. The summed E-state index contributed by atoms with van der Waals surface area (Å²) in [4.78, 5) is 2.32. The van der Waals surface area contributed by atoms with E-state index in [1.54, 1.807) is 0 Å². The summed E-state index contributed by atoms with van der Waals surface area (Å²) >= 11 is 5.50. The molecule has 0 amide bonds. The molecule has 0 aromatic heterocycles. The third-order valence-corrected chi connectivity index (χ3v) is 8.63. The van der Waals surface area contributed by atoms with E-state index in [2.05, 4.69) is 161 Å². The Labute approximate surface area is 234 Å². The minimum atomic E-state index is -0.219. The number of hydrogen-bond donors (Lipinski definition) is 0. The van der Waals surface area contributed by atoms with Gasteiger partial charge in [-0.2, -0.15) is 0 Å². The van der Waals surface area contributed by atoms with Crippen molar-refractivity contribution >= 4 is 31.7 Å². The predicted molar refractivity (Wildman–Crippen MR) is 163 cm³/mol. The van der Waals surface area contributed by atoms with Crippen molar-refractivity contribution in [3.8, 4) is 0 Å². The van der Waals surface area contributed by atoms with E-state index in [-0.39, 0.29) is 10.8 Å². The Morgan fingerprint density at radius 1 is 0.737 bits per heavy atom. The van der Waals surface area contributed by atoms with Crippen molar-refractivity contribution in [1.82, 2.24) is 0 Å². The minimum Gasteiger partial charge on any atom is -0.0616 e. The van der Waals surface area contributed by atoms with Crippen LogP contribution in [0.5, 0.6) is 0 Å². The summed E-state index contributed by atoms with van der Waals surface area (Å²) in [7, 11) is 2.17. The van der Waals surface area contributed by atoms with Crippen LogP contribution in [0.2, 0.25) is 0 Å². The second-order valence-corrected chi connectivity index (χ2v) is 11.5. The van der Waals surface area contributed by atoms with Gasteiger partial charge in [0, 0.05) is 0 Å². The molecule has 1 heterocycles. The van der Waals surface area contributed by atoms with Gasteiger partial charge in [-0.25, -0.2) is 0 Å². The fraction of sp³-hybridized carbons (Fsp3) is 0.194. The molecule has 0 spiro atoms. The molecule has 1 aliphatic heterocycles. The molecule has 0 fully saturated rings. The van der Waals surface area contributed by atoms with Gasteiger partial charge in [0.1, 0.15) is 0 Å². The van der Waals surface area contributed by atoms with Crippen molar-refractivity contribution in [2.24, 2.45) is 0 Å². The van der Waals surface area contributed by atoms with E-state index < -0.39 is 0 Å². The Balaban J connectivity index is 1.29. The van der Waals surface area contributed by atoms with Gasteiger partial charge in [-0.3, -0.25) is 0 Å². The standard InChI is InChI=1S/C36H35N.Ni/c1-35(2,31-22-16-19-27-17-11-13-20-29(27)31)26-15-9-7-6-8-10-23-33-36(3,4)34-30-21-14-12-18-28(30)24-25-32(34)37(33)5;/h6-25H,1-5H3;/b7-6+,10-8+,15-9+,33-23+;. The zero-order valence-corrected chi connectivity index (χ0v) is 23.8. The molecule has 4 aromatic rings. The summed E-state index contributed by atoms with van der Waals surface area (Å²) in [6, 6.07) is 28.2. The molecule has 0 radical (unpaired) electrons. The van der Waals surface area contributed by atoms with E-state index in [1.165, 1.54) is 44.1 Å². The van der Waals surface area contributed by atoms with Crippen LogP contribution in [0.4, 0.5) is 5.69 Å². The van der Waals surface area contributed by atoms with Crippen LogP contribution >= 0.6 is 0 Å². The normalized spacial score (nSPS) is 16.6. The van der Waals surface area contributed by atoms with Gasteiger partial charge in [0.25, 0.3) is 0 Å². The quantitative estimate of drug-likeness (QED) is 0.174. The van der Waals surface area contributed by atoms with Crippen LogP contribution in [0, 0.1) is 0 Å². The molecular weight excluding hydrogens is 505 g/mol. The molecule has 2 heteroatoms. The van der Waals surface area contributed by atoms with Gasteiger partial charge in [-0.1, -0.05) is 30.3 Å². The molecule has 0 aliphatic carbocycles. The molecule has 0 N–H and O–H groups in total. The van der Waals surface area contributed by atoms with Gasteiger partial charge in [-0.15, -0.1) is 0 Å². The van der Waals surface area contributed by atoms with Crippen molar-refractivity contribution in [3.63, 3.8) is 0 Å². The molecule has 4 aromatic carbocycles. The number of allylic oxidation sites excluding steroid dienone is 8. The molecule has 5 rings (SSSR count). The molecule has 0 bridgehead atoms. The van der Waals surface area contributed by atoms with Gasteiger partial charge in [0.2, 0.25) is 0 Å². The van der Waals surface area contributed by atoms with E-state index in [0.717, 1.165) is 4.49 Å². The monoisotopic (exact) mass is 539 g/mol. The zero-order chi connectivity index (χ0) is 26.9. The average Bonchev–Trinajstić information content (AvgIpc) is 3.12. The van der Waals surface area contributed by atoms with Crippen molar-refractivity contribution in [3.05, 3.63) is 138 Å². The van der Waals surface area contributed by atoms with Gasteiger partial charge in [0.15, 0.2) is 0 Å². The molecule has 0 saturated carbocycles. The Morgan fingerprint density at radius 2 is 1.34 bits per heavy atom. The van der Waals surface area contributed by atoms with Crippen molar-refractivity contribution in [2.75, 3.05) is 11.9 Å². The summed E-state index contributed by atoms with van der Waals surface area (Å²) in [6.07, 6.45) is 14.7. The molecule has 194 valence electrons. The zero-order valence-electron chi connectivity index (χ0n) is 22.8. The average molecular weight is 540 g/mol. The van der Waals surface area contributed by atoms with Crippen LogP contribution in [0.3, 0.4) is 0 Å². The number of fused-ring (bicyclic) bond motifs is 4. The van der Waals surface area contributed by atoms with E-state index in [9.17, 15) is 0 Å². The second kappa shape index (κ2) is 10.4. The van der Waals surface area contributed by atoms with Gasteiger partial charge >= 0.3 is 200 Å². The number of hydrogen-bond acceptors (Lipinski definition) is 1. The minimum absolute atomic E-state index is 0.0698. The van der Waals surface area contributed by atoms with Crippen LogP contribution in [0.15, 0.2) is 127 Å². The van der Waals surface area contributed by atoms with Crippen LogP contribution in [-0.4, -0.2) is 11.5 Å². The van der Waals surface area contributed by atoms with Gasteiger partial charge < -0.3 is 0 Å². The second-order valence-electron chi connectivity index (χ2n) is 11.0. The molecule has 38 heavy (non-hydrogen) atoms. The number of rotatable bonds is 6. The van der Waals surface area contributed by atoms with Crippen molar-refractivity contribution < 1.29 is 15.0 Å². The molecule has 1 nitrogen and oxygen atoms in total. The Kier molecular flexibility index (Phi) is 7.12. The maximum atomic E-state index is 5.50. The first-order valence-corrected chi connectivity index (χ1v) is 13.7. The Hall–Kier alpha value is -3.48.